The minimum atomic E-state index is -0.0580. The normalized spacial score (nSPS) is 16.2. The summed E-state index contributed by atoms with van der Waals surface area (Å²) < 4.78 is 0. The third-order valence-electron chi connectivity index (χ3n) is 3.77. The Morgan fingerprint density at radius 1 is 1.55 bits per heavy atom. The first kappa shape index (κ1) is 15.3. The van der Waals surface area contributed by atoms with Crippen molar-refractivity contribution in [2.24, 2.45) is 11.7 Å². The van der Waals surface area contributed by atoms with Gasteiger partial charge in [0.25, 0.3) is 0 Å². The predicted octanol–water partition coefficient (Wildman–Crippen LogP) is 2.26. The number of carbonyl (C=O) groups is 1. The van der Waals surface area contributed by atoms with Gasteiger partial charge in [-0.05, 0) is 50.4 Å². The minimum Gasteiger partial charge on any atom is -0.329 e. The van der Waals surface area contributed by atoms with Gasteiger partial charge in [-0.1, -0.05) is 17.7 Å². The number of nitrogens with two attached hydrogens (primary N) is 1. The first-order valence-corrected chi connectivity index (χ1v) is 7.35. The average Bonchev–Trinajstić information content (AvgIpc) is 3.18. The number of carbonyl (C=O) groups excluding carboxylic acids is 1. The standard InChI is InChI=1S/C15H22ClN3O/c1-10-3-6-13(12(16)7-10)18-15(20)9-19(2)14(8-17)11-4-5-11/h3,6-7,11,14H,4-5,8-9,17H2,1-2H3,(H,18,20). The van der Waals surface area contributed by atoms with Gasteiger partial charge < -0.3 is 11.1 Å². The number of amides is 1. The Morgan fingerprint density at radius 3 is 2.80 bits per heavy atom. The van der Waals surface area contributed by atoms with Gasteiger partial charge in [-0.25, -0.2) is 0 Å². The Morgan fingerprint density at radius 2 is 2.25 bits per heavy atom. The van der Waals surface area contributed by atoms with E-state index in [1.54, 1.807) is 0 Å². The molecule has 2 rings (SSSR count). The Hall–Kier alpha value is -1.10. The quantitative estimate of drug-likeness (QED) is 0.846. The van der Waals surface area contributed by atoms with E-state index >= 15 is 0 Å². The molecule has 1 aromatic carbocycles. The number of anilines is 1. The van der Waals surface area contributed by atoms with Gasteiger partial charge in [0.1, 0.15) is 0 Å². The highest BCUT2D eigenvalue weighted by Gasteiger charge is 2.33. The number of halogens is 1. The van der Waals surface area contributed by atoms with E-state index < -0.39 is 0 Å². The Labute approximate surface area is 125 Å². The van der Waals surface area contributed by atoms with Crippen LogP contribution in [0.1, 0.15) is 18.4 Å². The molecule has 1 saturated carbocycles. The zero-order chi connectivity index (χ0) is 14.7. The number of aryl methyl sites for hydroxylation is 1. The van der Waals surface area contributed by atoms with Gasteiger partial charge >= 0.3 is 0 Å². The molecule has 1 aliphatic rings. The lowest BCUT2D eigenvalue weighted by Gasteiger charge is -2.26. The number of nitrogens with one attached hydrogen (secondary N) is 1. The Bertz CT molecular complexity index is 488. The Kier molecular flexibility index (Phi) is 5.02. The molecule has 1 unspecified atom stereocenters. The number of nitrogens with zero attached hydrogens (tertiary/aromatic N) is 1. The summed E-state index contributed by atoms with van der Waals surface area (Å²) >= 11 is 6.11. The van der Waals surface area contributed by atoms with Gasteiger partial charge in [0.15, 0.2) is 0 Å². The molecule has 0 heterocycles. The van der Waals surface area contributed by atoms with Gasteiger partial charge in [0.05, 0.1) is 17.3 Å². The maximum atomic E-state index is 12.1. The molecule has 1 aromatic rings. The van der Waals surface area contributed by atoms with Gasteiger partial charge in [-0.3, -0.25) is 9.69 Å². The van der Waals surface area contributed by atoms with Gasteiger partial charge in [0, 0.05) is 12.6 Å². The second kappa shape index (κ2) is 6.57. The van der Waals surface area contributed by atoms with Crippen molar-refractivity contribution in [2.75, 3.05) is 25.5 Å². The lowest BCUT2D eigenvalue weighted by atomic mass is 10.1. The molecule has 1 aliphatic carbocycles. The molecule has 0 saturated heterocycles. The van der Waals surface area contributed by atoms with E-state index in [1.807, 2.05) is 37.1 Å². The molecule has 1 fully saturated rings. The van der Waals surface area contributed by atoms with E-state index in [0.29, 0.717) is 35.8 Å². The number of benzene rings is 1. The molecule has 4 nitrogen and oxygen atoms in total. The molecule has 0 radical (unpaired) electrons. The summed E-state index contributed by atoms with van der Waals surface area (Å²) in [5, 5.41) is 3.42. The molecule has 5 heteroatoms. The van der Waals surface area contributed by atoms with Gasteiger partial charge in [-0.15, -0.1) is 0 Å². The lowest BCUT2D eigenvalue weighted by molar-refractivity contribution is -0.117. The van der Waals surface area contributed by atoms with E-state index in [0.717, 1.165) is 5.56 Å². The molecule has 20 heavy (non-hydrogen) atoms. The SMILES string of the molecule is Cc1ccc(NC(=O)CN(C)C(CN)C2CC2)c(Cl)c1. The molecule has 110 valence electrons. The smallest absolute Gasteiger partial charge is 0.238 e. The second-order valence-corrected chi connectivity index (χ2v) is 5.99. The molecular formula is C15H22ClN3O. The van der Waals surface area contributed by atoms with E-state index in [2.05, 4.69) is 5.32 Å². The fourth-order valence-electron chi connectivity index (χ4n) is 2.47. The van der Waals surface area contributed by atoms with Crippen LogP contribution in [0.5, 0.6) is 0 Å². The molecule has 0 aliphatic heterocycles. The van der Waals surface area contributed by atoms with Crippen molar-refractivity contribution in [1.29, 1.82) is 0 Å². The third-order valence-corrected chi connectivity index (χ3v) is 4.08. The molecule has 1 amide bonds. The van der Waals surface area contributed by atoms with Crippen LogP contribution in [0.15, 0.2) is 18.2 Å². The number of rotatable bonds is 6. The summed E-state index contributed by atoms with van der Waals surface area (Å²) in [5.41, 5.74) is 7.52. The zero-order valence-electron chi connectivity index (χ0n) is 12.0. The van der Waals surface area contributed by atoms with Crippen LogP contribution in [-0.4, -0.2) is 37.0 Å². The zero-order valence-corrected chi connectivity index (χ0v) is 12.8. The maximum absolute atomic E-state index is 12.1. The minimum absolute atomic E-state index is 0.0580. The van der Waals surface area contributed by atoms with Crippen LogP contribution in [0, 0.1) is 12.8 Å². The summed E-state index contributed by atoms with van der Waals surface area (Å²) in [6.07, 6.45) is 2.44. The molecular weight excluding hydrogens is 274 g/mol. The highest BCUT2D eigenvalue weighted by atomic mass is 35.5. The van der Waals surface area contributed by atoms with Crippen molar-refractivity contribution >= 4 is 23.2 Å². The van der Waals surface area contributed by atoms with Gasteiger partial charge in [0.2, 0.25) is 5.91 Å². The van der Waals surface area contributed by atoms with Gasteiger partial charge in [-0.2, -0.15) is 0 Å². The topological polar surface area (TPSA) is 58.4 Å². The van der Waals surface area contributed by atoms with E-state index in [4.69, 9.17) is 17.3 Å². The number of likely N-dealkylation sites (N-methyl/N-ethyl adjacent to an activating group) is 1. The molecule has 3 N–H and O–H groups in total. The van der Waals surface area contributed by atoms with Crippen LogP contribution in [0.2, 0.25) is 5.02 Å². The second-order valence-electron chi connectivity index (χ2n) is 5.59. The van der Waals surface area contributed by atoms with Crippen LogP contribution in [0.25, 0.3) is 0 Å². The van der Waals surface area contributed by atoms with Crippen LogP contribution >= 0.6 is 11.6 Å². The monoisotopic (exact) mass is 295 g/mol. The van der Waals surface area contributed by atoms with E-state index in [1.165, 1.54) is 12.8 Å². The van der Waals surface area contributed by atoms with E-state index in [-0.39, 0.29) is 5.91 Å². The molecule has 0 aromatic heterocycles. The van der Waals surface area contributed by atoms with E-state index in [9.17, 15) is 4.79 Å². The summed E-state index contributed by atoms with van der Waals surface area (Å²) in [5.74, 6) is 0.595. The van der Waals surface area contributed by atoms with Crippen molar-refractivity contribution in [1.82, 2.24) is 4.90 Å². The van der Waals surface area contributed by atoms with Crippen molar-refractivity contribution < 1.29 is 4.79 Å². The highest BCUT2D eigenvalue weighted by Crippen LogP contribution is 2.34. The molecule has 1 atom stereocenters. The summed E-state index contributed by atoms with van der Waals surface area (Å²) in [6.45, 7) is 2.90. The molecule has 0 bridgehead atoms. The van der Waals surface area contributed by atoms with Crippen molar-refractivity contribution in [3.05, 3.63) is 28.8 Å². The lowest BCUT2D eigenvalue weighted by Crippen LogP contribution is -2.43. The van der Waals surface area contributed by atoms with Crippen molar-refractivity contribution in [2.45, 2.75) is 25.8 Å². The van der Waals surface area contributed by atoms with Crippen LogP contribution in [0.3, 0.4) is 0 Å². The molecule has 0 spiro atoms. The highest BCUT2D eigenvalue weighted by molar-refractivity contribution is 6.33. The summed E-state index contributed by atoms with van der Waals surface area (Å²) in [4.78, 5) is 14.1. The van der Waals surface area contributed by atoms with Crippen molar-refractivity contribution in [3.63, 3.8) is 0 Å². The predicted molar refractivity (Wildman–Crippen MR) is 83.0 cm³/mol. The first-order valence-electron chi connectivity index (χ1n) is 6.97. The number of hydrogen-bond acceptors (Lipinski definition) is 3. The number of hydrogen-bond donors (Lipinski definition) is 2. The van der Waals surface area contributed by atoms with Crippen LogP contribution < -0.4 is 11.1 Å². The van der Waals surface area contributed by atoms with Crippen LogP contribution in [-0.2, 0) is 4.79 Å². The fourth-order valence-corrected chi connectivity index (χ4v) is 2.75. The fraction of sp³-hybridized carbons (Fsp3) is 0.533. The maximum Gasteiger partial charge on any atom is 0.238 e. The Balaban J connectivity index is 1.91. The average molecular weight is 296 g/mol. The third kappa shape index (κ3) is 3.95. The van der Waals surface area contributed by atoms with Crippen LogP contribution in [0.4, 0.5) is 5.69 Å². The van der Waals surface area contributed by atoms with Crippen molar-refractivity contribution in [3.8, 4) is 0 Å². The summed E-state index contributed by atoms with van der Waals surface area (Å²) in [6, 6.07) is 5.90. The largest absolute Gasteiger partial charge is 0.329 e. The first-order chi connectivity index (χ1) is 9.51. The summed E-state index contributed by atoms with van der Waals surface area (Å²) in [7, 11) is 1.95.